The molecule has 56 heavy (non-hydrogen) atoms. The van der Waals surface area contributed by atoms with Gasteiger partial charge >= 0.3 is 0 Å². The number of nitrogens with two attached hydrogens (primary N) is 1. The Labute approximate surface area is 332 Å². The minimum Gasteiger partial charge on any atom is -0.507 e. The van der Waals surface area contributed by atoms with Gasteiger partial charge in [0.1, 0.15) is 26.8 Å². The number of nitrogen functional groups attached to an aromatic ring is 1. The summed E-state index contributed by atoms with van der Waals surface area (Å²) >= 11 is 9.69. The maximum absolute atomic E-state index is 13.6. The summed E-state index contributed by atoms with van der Waals surface area (Å²) in [6.07, 6.45) is 5.55. The normalized spacial score (nSPS) is 15.3. The number of phenolic OH excluding ortho intramolecular Hbond substituents is 1. The molecular weight excluding hydrogens is 788 g/mol. The van der Waals surface area contributed by atoms with Crippen LogP contribution in [0.15, 0.2) is 126 Å². The van der Waals surface area contributed by atoms with E-state index in [9.17, 15) is 23.1 Å². The number of aromatic hydroxyl groups is 1. The van der Waals surface area contributed by atoms with Crippen molar-refractivity contribution in [2.24, 2.45) is 0 Å². The second kappa shape index (κ2) is 13.6. The number of allylic oxidation sites excluding steroid dienone is 3. The van der Waals surface area contributed by atoms with Gasteiger partial charge in [0.05, 0.1) is 37.2 Å². The number of carbonyl (C=O) groups is 2. The van der Waals surface area contributed by atoms with Crippen molar-refractivity contribution in [2.45, 2.75) is 12.2 Å². The number of nitrogens with one attached hydrogen (secondary N) is 1. The van der Waals surface area contributed by atoms with Gasteiger partial charge in [0.25, 0.3) is 0 Å². The molecular formula is C42H27ClN4O6S3. The standard InChI is InChI=1S/C42H27ClN4O6S3/c1-21-6-15-29-33(18-21)54-42(46-29)23-9-16-30-34(19-23)55-41(45-30)22-7-10-24(11-8-22)47-56(51,52)35-17-13-25(12-14-28(35)43)53-32-20-31(48)36-37(38(32)44)40(50)27-5-3-2-4-26(27)39(36)49/h2-20,35,47-48H,44H2,1H3. The number of aromatic nitrogens is 2. The molecule has 4 N–H and O–H groups in total. The first-order chi connectivity index (χ1) is 26.9. The number of benzene rings is 5. The van der Waals surface area contributed by atoms with E-state index in [0.29, 0.717) is 5.69 Å². The van der Waals surface area contributed by atoms with Crippen LogP contribution in [0.5, 0.6) is 11.5 Å². The molecule has 1 unspecified atom stereocenters. The third-order valence-corrected chi connectivity index (χ3v) is 13.7. The quantitative estimate of drug-likeness (QED) is 0.105. The number of aryl methyl sites for hydroxylation is 1. The van der Waals surface area contributed by atoms with Crippen molar-refractivity contribution in [3.63, 3.8) is 0 Å². The molecule has 2 aliphatic rings. The highest BCUT2D eigenvalue weighted by Gasteiger charge is 2.35. The fraction of sp³-hybridized carbons (Fsp3) is 0.0476. The van der Waals surface area contributed by atoms with Gasteiger partial charge in [0.15, 0.2) is 17.3 Å². The Morgan fingerprint density at radius 2 is 1.43 bits per heavy atom. The van der Waals surface area contributed by atoms with Gasteiger partial charge in [-0.1, -0.05) is 48.0 Å². The molecule has 0 saturated heterocycles. The molecule has 0 saturated carbocycles. The Morgan fingerprint density at radius 3 is 2.14 bits per heavy atom. The second-order valence-electron chi connectivity index (χ2n) is 13.2. The minimum atomic E-state index is -4.11. The highest BCUT2D eigenvalue weighted by molar-refractivity contribution is 7.93. The number of ketones is 2. The van der Waals surface area contributed by atoms with Crippen molar-refractivity contribution in [1.29, 1.82) is 0 Å². The highest BCUT2D eigenvalue weighted by Crippen LogP contribution is 2.42. The molecule has 2 aromatic heterocycles. The molecule has 0 fully saturated rings. The lowest BCUT2D eigenvalue weighted by molar-refractivity contribution is 0.0977. The van der Waals surface area contributed by atoms with Crippen LogP contribution in [-0.4, -0.2) is 40.3 Å². The monoisotopic (exact) mass is 814 g/mol. The number of sulfonamides is 1. The number of ether oxygens (including phenoxy) is 1. The Morgan fingerprint density at radius 1 is 0.804 bits per heavy atom. The molecule has 0 bridgehead atoms. The molecule has 0 amide bonds. The molecule has 7 aromatic rings. The van der Waals surface area contributed by atoms with Crippen LogP contribution in [0, 0.1) is 6.92 Å². The van der Waals surface area contributed by atoms with E-state index in [-0.39, 0.29) is 44.5 Å². The van der Waals surface area contributed by atoms with Crippen LogP contribution in [0.3, 0.4) is 0 Å². The summed E-state index contributed by atoms with van der Waals surface area (Å²) in [5, 5.41) is 11.2. The summed E-state index contributed by atoms with van der Waals surface area (Å²) in [6, 6.07) is 26.7. The first-order valence-electron chi connectivity index (χ1n) is 17.1. The highest BCUT2D eigenvalue weighted by atomic mass is 35.5. The molecule has 10 nitrogen and oxygen atoms in total. The second-order valence-corrected chi connectivity index (χ2v) is 17.5. The molecule has 276 valence electrons. The summed E-state index contributed by atoms with van der Waals surface area (Å²) in [7, 11) is -4.11. The van der Waals surface area contributed by atoms with Crippen LogP contribution in [0.4, 0.5) is 11.4 Å². The predicted molar refractivity (Wildman–Crippen MR) is 222 cm³/mol. The number of halogens is 1. The fourth-order valence-corrected chi connectivity index (χ4v) is 10.4. The molecule has 2 heterocycles. The Hall–Kier alpha value is -6.12. The number of hydrogen-bond donors (Lipinski definition) is 3. The first kappa shape index (κ1) is 35.6. The number of rotatable bonds is 7. The van der Waals surface area contributed by atoms with Gasteiger partial charge in [-0.15, -0.1) is 22.7 Å². The molecule has 14 heteroatoms. The number of fused-ring (bicyclic) bond motifs is 4. The number of phenols is 1. The molecule has 9 rings (SSSR count). The maximum atomic E-state index is 13.6. The van der Waals surface area contributed by atoms with Crippen molar-refractivity contribution in [3.05, 3.63) is 154 Å². The fourth-order valence-electron chi connectivity index (χ4n) is 6.64. The van der Waals surface area contributed by atoms with Gasteiger partial charge in [-0.25, -0.2) is 18.4 Å². The van der Waals surface area contributed by atoms with Crippen LogP contribution in [0.25, 0.3) is 41.6 Å². The first-order valence-corrected chi connectivity index (χ1v) is 20.7. The Kier molecular flexibility index (Phi) is 8.62. The van der Waals surface area contributed by atoms with E-state index in [0.717, 1.165) is 47.6 Å². The van der Waals surface area contributed by atoms with E-state index < -0.39 is 32.6 Å². The van der Waals surface area contributed by atoms with Crippen molar-refractivity contribution in [1.82, 2.24) is 9.97 Å². The largest absolute Gasteiger partial charge is 0.507 e. The minimum absolute atomic E-state index is 0.0163. The lowest BCUT2D eigenvalue weighted by Crippen LogP contribution is -2.26. The molecule has 2 aliphatic carbocycles. The van der Waals surface area contributed by atoms with Gasteiger partial charge in [0, 0.05) is 39.0 Å². The average molecular weight is 815 g/mol. The number of anilines is 2. The zero-order valence-electron chi connectivity index (χ0n) is 29.1. The summed E-state index contributed by atoms with van der Waals surface area (Å²) in [6.45, 7) is 2.07. The van der Waals surface area contributed by atoms with Crippen LogP contribution in [0.2, 0.25) is 0 Å². The number of hydrogen-bond acceptors (Lipinski definition) is 11. The van der Waals surface area contributed by atoms with E-state index in [2.05, 4.69) is 29.8 Å². The van der Waals surface area contributed by atoms with Gasteiger partial charge in [-0.05, 0) is 85.3 Å². The van der Waals surface area contributed by atoms with Gasteiger partial charge < -0.3 is 15.6 Å². The van der Waals surface area contributed by atoms with Crippen molar-refractivity contribution < 1.29 is 27.9 Å². The van der Waals surface area contributed by atoms with Crippen LogP contribution < -0.4 is 15.2 Å². The summed E-state index contributed by atoms with van der Waals surface area (Å²) in [5.74, 6) is -1.53. The average Bonchev–Trinajstić information content (AvgIpc) is 3.76. The summed E-state index contributed by atoms with van der Waals surface area (Å²) < 4.78 is 37.9. The van der Waals surface area contributed by atoms with E-state index in [4.69, 9.17) is 32.0 Å². The van der Waals surface area contributed by atoms with Crippen molar-refractivity contribution >= 4 is 87.7 Å². The SMILES string of the molecule is Cc1ccc2nc(-c3ccc4nc(-c5ccc(NS(=O)(=O)C6C=CC(Oc7cc(O)c8c(c7N)C(=O)c7ccccc7C8=O)=CC=C6Cl)cc5)sc4c3)sc2c1. The van der Waals surface area contributed by atoms with E-state index in [1.165, 1.54) is 42.0 Å². The van der Waals surface area contributed by atoms with Crippen molar-refractivity contribution in [2.75, 3.05) is 10.5 Å². The summed E-state index contributed by atoms with van der Waals surface area (Å²) in [5.41, 5.74) is 11.3. The number of nitrogens with zero attached hydrogens (tertiary/aromatic N) is 2. The predicted octanol–water partition coefficient (Wildman–Crippen LogP) is 9.38. The molecule has 1 atom stereocenters. The number of carbonyl (C=O) groups excluding carboxylic acids is 2. The maximum Gasteiger partial charge on any atom is 0.244 e. The molecule has 5 aromatic carbocycles. The Balaban J connectivity index is 0.907. The zero-order valence-corrected chi connectivity index (χ0v) is 32.3. The van der Waals surface area contributed by atoms with Gasteiger partial charge in [-0.2, -0.15) is 0 Å². The van der Waals surface area contributed by atoms with Crippen molar-refractivity contribution in [3.8, 4) is 32.6 Å². The Bertz CT molecular complexity index is 3040. The molecule has 0 radical (unpaired) electrons. The van der Waals surface area contributed by atoms with Gasteiger partial charge in [0.2, 0.25) is 10.0 Å². The van der Waals surface area contributed by atoms with E-state index in [1.807, 2.05) is 18.2 Å². The number of thiazole rings is 2. The zero-order chi connectivity index (χ0) is 38.9. The lowest BCUT2D eigenvalue weighted by Gasteiger charge is -2.21. The summed E-state index contributed by atoms with van der Waals surface area (Å²) in [4.78, 5) is 36.1. The van der Waals surface area contributed by atoms with Crippen LogP contribution >= 0.6 is 34.3 Å². The van der Waals surface area contributed by atoms with Crippen LogP contribution in [-0.2, 0) is 10.0 Å². The topological polar surface area (TPSA) is 162 Å². The smallest absolute Gasteiger partial charge is 0.244 e. The third kappa shape index (κ3) is 6.24. The van der Waals surface area contributed by atoms with E-state index in [1.54, 1.807) is 59.1 Å². The third-order valence-electron chi connectivity index (χ3n) is 9.43. The van der Waals surface area contributed by atoms with Crippen LogP contribution in [0.1, 0.15) is 37.4 Å². The lowest BCUT2D eigenvalue weighted by atomic mass is 9.82. The molecule has 0 spiro atoms. The molecule has 0 aliphatic heterocycles. The van der Waals surface area contributed by atoms with E-state index >= 15 is 0 Å². The van der Waals surface area contributed by atoms with Gasteiger partial charge in [-0.3, -0.25) is 14.3 Å².